The SMILES string of the molecule is Cc1ccnc(C(C)C)c1-n1c(=O)nc(N2C[C@@H](C)N(C(=O)OC(C)(C)C)C[C@@H]2C)c2cc(F)c(-c3c(O)cccc3F)nc21. The van der Waals surface area contributed by atoms with Gasteiger partial charge in [-0.25, -0.2) is 27.9 Å². The Balaban J connectivity index is 1.76. The summed E-state index contributed by atoms with van der Waals surface area (Å²) in [4.78, 5) is 44.0. The molecule has 1 aliphatic heterocycles. The molecule has 4 heterocycles. The number of phenolic OH excluding ortho intramolecular Hbond substituents is 1. The van der Waals surface area contributed by atoms with Gasteiger partial charge in [0.1, 0.15) is 28.7 Å². The van der Waals surface area contributed by atoms with Crippen molar-refractivity contribution < 1.29 is 23.4 Å². The van der Waals surface area contributed by atoms with E-state index in [0.29, 0.717) is 16.9 Å². The molecular weight excluding hydrogens is 582 g/mol. The van der Waals surface area contributed by atoms with Crippen molar-refractivity contribution in [3.63, 3.8) is 0 Å². The largest absolute Gasteiger partial charge is 0.507 e. The first-order valence-corrected chi connectivity index (χ1v) is 14.9. The van der Waals surface area contributed by atoms with Crippen molar-refractivity contribution in [2.45, 2.75) is 79.0 Å². The normalized spacial score (nSPS) is 17.3. The van der Waals surface area contributed by atoms with Crippen LogP contribution in [0.3, 0.4) is 0 Å². The van der Waals surface area contributed by atoms with Gasteiger partial charge in [0.05, 0.1) is 22.3 Å². The highest BCUT2D eigenvalue weighted by atomic mass is 19.1. The van der Waals surface area contributed by atoms with Crippen LogP contribution in [0.5, 0.6) is 5.75 Å². The van der Waals surface area contributed by atoms with E-state index < -0.39 is 46.0 Å². The predicted octanol–water partition coefficient (Wildman–Crippen LogP) is 6.09. The number of carbonyl (C=O) groups excluding carboxylic acids is 1. The molecule has 10 nitrogen and oxygen atoms in total. The Morgan fingerprint density at radius 3 is 2.42 bits per heavy atom. The fourth-order valence-electron chi connectivity index (χ4n) is 5.73. The van der Waals surface area contributed by atoms with Gasteiger partial charge in [-0.05, 0) is 77.3 Å². The van der Waals surface area contributed by atoms with Gasteiger partial charge in [0.15, 0.2) is 11.5 Å². The van der Waals surface area contributed by atoms with Crippen molar-refractivity contribution in [1.29, 1.82) is 0 Å². The van der Waals surface area contributed by atoms with E-state index in [4.69, 9.17) is 4.74 Å². The zero-order valence-electron chi connectivity index (χ0n) is 26.7. The molecule has 1 amide bonds. The number of aryl methyl sites for hydroxylation is 1. The lowest BCUT2D eigenvalue weighted by molar-refractivity contribution is 0.0130. The maximum absolute atomic E-state index is 16.0. The lowest BCUT2D eigenvalue weighted by Crippen LogP contribution is -2.59. The van der Waals surface area contributed by atoms with Gasteiger partial charge in [-0.3, -0.25) is 4.98 Å². The fourth-order valence-corrected chi connectivity index (χ4v) is 5.73. The van der Waals surface area contributed by atoms with E-state index >= 15 is 8.78 Å². The molecule has 1 aliphatic rings. The van der Waals surface area contributed by atoms with Crippen LogP contribution in [0.15, 0.2) is 41.3 Å². The number of amides is 1. The summed E-state index contributed by atoms with van der Waals surface area (Å²) in [5.74, 6) is -2.19. The number of pyridine rings is 2. The van der Waals surface area contributed by atoms with Crippen LogP contribution in [0.1, 0.15) is 65.6 Å². The van der Waals surface area contributed by atoms with E-state index in [1.165, 1.54) is 22.8 Å². The molecule has 1 N–H and O–H groups in total. The molecule has 0 saturated carbocycles. The number of anilines is 1. The van der Waals surface area contributed by atoms with Gasteiger partial charge in [0.25, 0.3) is 0 Å². The van der Waals surface area contributed by atoms with Crippen molar-refractivity contribution in [3.8, 4) is 22.7 Å². The second-order valence-electron chi connectivity index (χ2n) is 12.9. The topological polar surface area (TPSA) is 114 Å². The predicted molar refractivity (Wildman–Crippen MR) is 168 cm³/mol. The first-order valence-electron chi connectivity index (χ1n) is 14.9. The van der Waals surface area contributed by atoms with Gasteiger partial charge >= 0.3 is 11.8 Å². The van der Waals surface area contributed by atoms with Gasteiger partial charge in [0.2, 0.25) is 0 Å². The van der Waals surface area contributed by atoms with Crippen LogP contribution in [-0.2, 0) is 4.74 Å². The molecule has 2 atom stereocenters. The number of rotatable bonds is 4. The second kappa shape index (κ2) is 11.7. The average Bonchev–Trinajstić information content (AvgIpc) is 2.93. The summed E-state index contributed by atoms with van der Waals surface area (Å²) in [6.07, 6.45) is 1.19. The molecule has 3 aromatic heterocycles. The number of phenols is 1. The third kappa shape index (κ3) is 5.93. The summed E-state index contributed by atoms with van der Waals surface area (Å²) in [5.41, 5.74) is -0.457. The van der Waals surface area contributed by atoms with Crippen LogP contribution in [0, 0.1) is 18.6 Å². The molecule has 5 rings (SSSR count). The molecule has 0 spiro atoms. The number of aromatic hydroxyl groups is 1. The Morgan fingerprint density at radius 1 is 1.07 bits per heavy atom. The Labute approximate surface area is 260 Å². The summed E-state index contributed by atoms with van der Waals surface area (Å²) < 4.78 is 37.9. The highest BCUT2D eigenvalue weighted by Crippen LogP contribution is 2.37. The Hall–Kier alpha value is -4.61. The zero-order chi connectivity index (χ0) is 33.0. The number of fused-ring (bicyclic) bond motifs is 1. The van der Waals surface area contributed by atoms with E-state index in [-0.39, 0.29) is 47.9 Å². The molecule has 1 aromatic carbocycles. The Kier molecular flexibility index (Phi) is 8.28. The van der Waals surface area contributed by atoms with Gasteiger partial charge < -0.3 is 19.6 Å². The Bertz CT molecular complexity index is 1830. The maximum atomic E-state index is 16.0. The average molecular weight is 621 g/mol. The summed E-state index contributed by atoms with van der Waals surface area (Å²) in [6, 6.07) is 5.88. The van der Waals surface area contributed by atoms with E-state index in [2.05, 4.69) is 15.0 Å². The standard InChI is InChI=1S/C33H38F2N6O4/c1-17(2)26-28(18(3)12-13-36-26)41-30-21(14-23(35)27(37-30)25-22(34)10-9-11-24(25)42)29(38-31(41)43)39-15-20(5)40(16-19(39)4)32(44)45-33(6,7)8/h9-14,17,19-20,42H,15-16H2,1-8H3/t19-,20+/m0/s1. The third-order valence-corrected chi connectivity index (χ3v) is 7.84. The van der Waals surface area contributed by atoms with Crippen LogP contribution in [0.25, 0.3) is 28.0 Å². The molecule has 0 radical (unpaired) electrons. The molecule has 238 valence electrons. The van der Waals surface area contributed by atoms with Crippen molar-refractivity contribution in [1.82, 2.24) is 24.4 Å². The lowest BCUT2D eigenvalue weighted by Gasteiger charge is -2.44. The zero-order valence-corrected chi connectivity index (χ0v) is 26.7. The number of halogens is 2. The highest BCUT2D eigenvalue weighted by molar-refractivity contribution is 5.91. The molecule has 0 unspecified atom stereocenters. The summed E-state index contributed by atoms with van der Waals surface area (Å²) in [6.45, 7) is 15.3. The minimum atomic E-state index is -0.906. The van der Waals surface area contributed by atoms with Gasteiger partial charge in [0, 0.05) is 31.4 Å². The molecule has 0 bridgehead atoms. The number of carbonyl (C=O) groups is 1. The quantitative estimate of drug-likeness (QED) is 0.292. The first-order chi connectivity index (χ1) is 21.1. The lowest BCUT2D eigenvalue weighted by atomic mass is 10.0. The summed E-state index contributed by atoms with van der Waals surface area (Å²) in [7, 11) is 0. The maximum Gasteiger partial charge on any atom is 0.410 e. The summed E-state index contributed by atoms with van der Waals surface area (Å²) >= 11 is 0. The minimum Gasteiger partial charge on any atom is -0.507 e. The van der Waals surface area contributed by atoms with Gasteiger partial charge in [-0.1, -0.05) is 19.9 Å². The highest BCUT2D eigenvalue weighted by Gasteiger charge is 2.37. The molecule has 0 aliphatic carbocycles. The van der Waals surface area contributed by atoms with Crippen molar-refractivity contribution in [3.05, 3.63) is 69.9 Å². The number of benzene rings is 1. The van der Waals surface area contributed by atoms with Crippen molar-refractivity contribution in [2.24, 2.45) is 0 Å². The van der Waals surface area contributed by atoms with Crippen LogP contribution < -0.4 is 10.6 Å². The third-order valence-electron chi connectivity index (χ3n) is 7.84. The van der Waals surface area contributed by atoms with E-state index in [1.807, 2.05) is 39.5 Å². The molecule has 1 saturated heterocycles. The minimum absolute atomic E-state index is 0.0245. The second-order valence-corrected chi connectivity index (χ2v) is 12.9. The van der Waals surface area contributed by atoms with E-state index in [0.717, 1.165) is 6.07 Å². The van der Waals surface area contributed by atoms with Gasteiger partial charge in [-0.2, -0.15) is 4.98 Å². The number of ether oxygens (including phenoxy) is 1. The van der Waals surface area contributed by atoms with Crippen molar-refractivity contribution >= 4 is 22.9 Å². The van der Waals surface area contributed by atoms with Crippen LogP contribution in [-0.4, -0.2) is 66.4 Å². The van der Waals surface area contributed by atoms with Crippen LogP contribution in [0.4, 0.5) is 19.4 Å². The molecule has 1 fully saturated rings. The van der Waals surface area contributed by atoms with E-state index in [9.17, 15) is 14.7 Å². The van der Waals surface area contributed by atoms with Crippen molar-refractivity contribution in [2.75, 3.05) is 18.0 Å². The molecule has 45 heavy (non-hydrogen) atoms. The monoisotopic (exact) mass is 620 g/mol. The summed E-state index contributed by atoms with van der Waals surface area (Å²) in [5, 5.41) is 10.7. The fraction of sp³-hybridized carbons (Fsp3) is 0.424. The number of piperazine rings is 1. The number of hydrogen-bond acceptors (Lipinski definition) is 8. The number of hydrogen-bond donors (Lipinski definition) is 1. The number of nitrogens with zero attached hydrogens (tertiary/aromatic N) is 6. The van der Waals surface area contributed by atoms with Crippen LogP contribution >= 0.6 is 0 Å². The smallest absolute Gasteiger partial charge is 0.410 e. The Morgan fingerprint density at radius 2 is 1.78 bits per heavy atom. The number of aromatic nitrogens is 4. The van der Waals surface area contributed by atoms with Gasteiger partial charge in [-0.15, -0.1) is 0 Å². The molecular formula is C33H38F2N6O4. The molecule has 4 aromatic rings. The first kappa shape index (κ1) is 31.8. The molecule has 12 heteroatoms. The van der Waals surface area contributed by atoms with Crippen LogP contribution in [0.2, 0.25) is 0 Å². The van der Waals surface area contributed by atoms with E-state index in [1.54, 1.807) is 37.9 Å².